The predicted molar refractivity (Wildman–Crippen MR) is 80.5 cm³/mol. The molecule has 2 aromatic rings. The molecule has 100 valence electrons. The Morgan fingerprint density at radius 3 is 2.16 bits per heavy atom. The molecule has 2 aromatic carbocycles. The third kappa shape index (κ3) is 5.05. The van der Waals surface area contributed by atoms with Gasteiger partial charge in [0.2, 0.25) is 6.29 Å². The second kappa shape index (κ2) is 7.97. The minimum Gasteiger partial charge on any atom is -0.465 e. The quantitative estimate of drug-likeness (QED) is 0.556. The fraction of sp³-hybridized carbons (Fsp3) is 0.250. The molecule has 1 atom stereocenters. The summed E-state index contributed by atoms with van der Waals surface area (Å²) in [5.74, 6) is 0.835. The van der Waals surface area contributed by atoms with Crippen molar-refractivity contribution in [2.75, 3.05) is 5.33 Å². The zero-order valence-corrected chi connectivity index (χ0v) is 12.3. The molecule has 0 saturated carbocycles. The van der Waals surface area contributed by atoms with E-state index in [0.717, 1.165) is 23.1 Å². The zero-order valence-electron chi connectivity index (χ0n) is 10.7. The van der Waals surface area contributed by atoms with E-state index in [9.17, 15) is 0 Å². The lowest BCUT2D eigenvalue weighted by atomic mass is 10.2. The van der Waals surface area contributed by atoms with Gasteiger partial charge in [-0.25, -0.2) is 0 Å². The van der Waals surface area contributed by atoms with Gasteiger partial charge in [0, 0.05) is 11.8 Å². The first kappa shape index (κ1) is 14.1. The first-order valence-electron chi connectivity index (χ1n) is 6.31. The Morgan fingerprint density at radius 1 is 0.895 bits per heavy atom. The molecule has 0 aliphatic carbocycles. The van der Waals surface area contributed by atoms with Crippen LogP contribution in [0.1, 0.15) is 12.0 Å². The normalized spacial score (nSPS) is 12.1. The highest BCUT2D eigenvalue weighted by atomic mass is 79.9. The average Bonchev–Trinajstić information content (AvgIpc) is 2.47. The van der Waals surface area contributed by atoms with Gasteiger partial charge in [0.1, 0.15) is 5.75 Å². The van der Waals surface area contributed by atoms with Gasteiger partial charge in [-0.15, -0.1) is 0 Å². The molecule has 19 heavy (non-hydrogen) atoms. The molecular weight excluding hydrogens is 304 g/mol. The van der Waals surface area contributed by atoms with Gasteiger partial charge >= 0.3 is 0 Å². The molecule has 0 N–H and O–H groups in total. The Labute approximate surface area is 122 Å². The van der Waals surface area contributed by atoms with Gasteiger partial charge in [0.15, 0.2) is 0 Å². The molecule has 1 unspecified atom stereocenters. The van der Waals surface area contributed by atoms with E-state index in [1.807, 2.05) is 60.7 Å². The number of hydrogen-bond donors (Lipinski definition) is 0. The Bertz CT molecular complexity index is 459. The first-order chi connectivity index (χ1) is 9.38. The van der Waals surface area contributed by atoms with Crippen molar-refractivity contribution in [2.24, 2.45) is 0 Å². The summed E-state index contributed by atoms with van der Waals surface area (Å²) in [5, 5.41) is 0.847. The van der Waals surface area contributed by atoms with Crippen LogP contribution in [0.25, 0.3) is 0 Å². The molecule has 0 aliphatic heterocycles. The maximum Gasteiger partial charge on any atom is 0.200 e. The van der Waals surface area contributed by atoms with Gasteiger partial charge in [-0.2, -0.15) is 0 Å². The molecule has 0 amide bonds. The molecule has 0 fully saturated rings. The molecule has 0 aromatic heterocycles. The van der Waals surface area contributed by atoms with E-state index in [1.54, 1.807) is 0 Å². The van der Waals surface area contributed by atoms with Crippen LogP contribution < -0.4 is 4.74 Å². The van der Waals surface area contributed by atoms with Crippen molar-refractivity contribution < 1.29 is 9.47 Å². The van der Waals surface area contributed by atoms with Gasteiger partial charge in [0.25, 0.3) is 0 Å². The van der Waals surface area contributed by atoms with Crippen LogP contribution in [0.3, 0.4) is 0 Å². The van der Waals surface area contributed by atoms with Crippen molar-refractivity contribution in [3.8, 4) is 5.75 Å². The van der Waals surface area contributed by atoms with Crippen molar-refractivity contribution in [3.05, 3.63) is 66.2 Å². The Hall–Kier alpha value is -1.32. The highest BCUT2D eigenvalue weighted by molar-refractivity contribution is 9.09. The Balaban J connectivity index is 1.89. The zero-order chi connectivity index (χ0) is 13.3. The van der Waals surface area contributed by atoms with Gasteiger partial charge in [-0.1, -0.05) is 64.5 Å². The Kier molecular flexibility index (Phi) is 5.92. The topological polar surface area (TPSA) is 18.5 Å². The lowest BCUT2D eigenvalue weighted by molar-refractivity contribution is -0.0897. The van der Waals surface area contributed by atoms with Crippen LogP contribution in [-0.2, 0) is 11.3 Å². The molecule has 0 radical (unpaired) electrons. The maximum atomic E-state index is 5.82. The molecule has 0 bridgehead atoms. The monoisotopic (exact) mass is 320 g/mol. The maximum absolute atomic E-state index is 5.82. The number of rotatable bonds is 7. The van der Waals surface area contributed by atoms with Crippen molar-refractivity contribution in [2.45, 2.75) is 19.3 Å². The smallest absolute Gasteiger partial charge is 0.200 e. The van der Waals surface area contributed by atoms with E-state index in [2.05, 4.69) is 15.9 Å². The van der Waals surface area contributed by atoms with Crippen LogP contribution >= 0.6 is 15.9 Å². The van der Waals surface area contributed by atoms with Crippen LogP contribution in [-0.4, -0.2) is 11.6 Å². The van der Waals surface area contributed by atoms with E-state index < -0.39 is 0 Å². The second-order valence-corrected chi connectivity index (χ2v) is 4.93. The van der Waals surface area contributed by atoms with Crippen molar-refractivity contribution in [1.82, 2.24) is 0 Å². The summed E-state index contributed by atoms with van der Waals surface area (Å²) in [6, 6.07) is 19.9. The third-order valence-corrected chi connectivity index (χ3v) is 3.09. The summed E-state index contributed by atoms with van der Waals surface area (Å²) in [7, 11) is 0. The van der Waals surface area contributed by atoms with E-state index in [4.69, 9.17) is 9.47 Å². The van der Waals surface area contributed by atoms with E-state index in [1.165, 1.54) is 0 Å². The molecule has 2 rings (SSSR count). The molecule has 0 aliphatic rings. The molecule has 0 heterocycles. The fourth-order valence-electron chi connectivity index (χ4n) is 1.68. The molecule has 0 saturated heterocycles. The van der Waals surface area contributed by atoms with Crippen LogP contribution in [0.2, 0.25) is 0 Å². The SMILES string of the molecule is BrCCC(OCc1ccccc1)Oc1ccccc1. The summed E-state index contributed by atoms with van der Waals surface area (Å²) in [6.45, 7) is 0.561. The average molecular weight is 321 g/mol. The summed E-state index contributed by atoms with van der Waals surface area (Å²) in [6.07, 6.45) is 0.573. The third-order valence-electron chi connectivity index (χ3n) is 2.63. The van der Waals surface area contributed by atoms with Crippen LogP contribution in [0.4, 0.5) is 0 Å². The highest BCUT2D eigenvalue weighted by Crippen LogP contribution is 2.15. The van der Waals surface area contributed by atoms with Gasteiger partial charge in [0.05, 0.1) is 6.61 Å². The number of ether oxygens (including phenoxy) is 2. The highest BCUT2D eigenvalue weighted by Gasteiger charge is 2.10. The predicted octanol–water partition coefficient (Wildman–Crippen LogP) is 4.39. The summed E-state index contributed by atoms with van der Waals surface area (Å²) in [5.41, 5.74) is 1.15. The van der Waals surface area contributed by atoms with Crippen molar-refractivity contribution in [1.29, 1.82) is 0 Å². The number of alkyl halides is 1. The number of halogens is 1. The van der Waals surface area contributed by atoms with Gasteiger partial charge < -0.3 is 9.47 Å². The van der Waals surface area contributed by atoms with Crippen molar-refractivity contribution >= 4 is 15.9 Å². The molecule has 3 heteroatoms. The number of para-hydroxylation sites is 1. The van der Waals surface area contributed by atoms with E-state index >= 15 is 0 Å². The number of hydrogen-bond acceptors (Lipinski definition) is 2. The van der Waals surface area contributed by atoms with Crippen molar-refractivity contribution in [3.63, 3.8) is 0 Å². The summed E-state index contributed by atoms with van der Waals surface area (Å²) >= 11 is 3.43. The second-order valence-electron chi connectivity index (χ2n) is 4.13. The minimum absolute atomic E-state index is 0.234. The van der Waals surface area contributed by atoms with E-state index in [-0.39, 0.29) is 6.29 Å². The van der Waals surface area contributed by atoms with Crippen LogP contribution in [0.5, 0.6) is 5.75 Å². The van der Waals surface area contributed by atoms with Gasteiger partial charge in [-0.3, -0.25) is 0 Å². The largest absolute Gasteiger partial charge is 0.465 e. The fourth-order valence-corrected chi connectivity index (χ4v) is 2.05. The molecule has 2 nitrogen and oxygen atoms in total. The first-order valence-corrected chi connectivity index (χ1v) is 7.44. The van der Waals surface area contributed by atoms with E-state index in [0.29, 0.717) is 6.61 Å². The lowest BCUT2D eigenvalue weighted by Crippen LogP contribution is -2.21. The number of benzene rings is 2. The standard InChI is InChI=1S/C16H17BrO2/c17-12-11-16(19-15-9-5-2-6-10-15)18-13-14-7-3-1-4-8-14/h1-10,16H,11-13H2. The Morgan fingerprint density at radius 2 is 1.53 bits per heavy atom. The summed E-state index contributed by atoms with van der Waals surface area (Å²) in [4.78, 5) is 0. The van der Waals surface area contributed by atoms with Crippen LogP contribution in [0.15, 0.2) is 60.7 Å². The van der Waals surface area contributed by atoms with Crippen LogP contribution in [0, 0.1) is 0 Å². The minimum atomic E-state index is -0.234. The molecule has 0 spiro atoms. The summed E-state index contributed by atoms with van der Waals surface area (Å²) < 4.78 is 11.6. The molecular formula is C16H17BrO2. The van der Waals surface area contributed by atoms with Gasteiger partial charge in [-0.05, 0) is 17.7 Å². The lowest BCUT2D eigenvalue weighted by Gasteiger charge is -2.19.